The van der Waals surface area contributed by atoms with Gasteiger partial charge in [-0.2, -0.15) is 17.3 Å². The van der Waals surface area contributed by atoms with E-state index in [1.807, 2.05) is 0 Å². The summed E-state index contributed by atoms with van der Waals surface area (Å²) in [5.74, 6) is 3.39. The van der Waals surface area contributed by atoms with Crippen molar-refractivity contribution in [3.05, 3.63) is 53.3 Å². The van der Waals surface area contributed by atoms with Crippen LogP contribution in [0.3, 0.4) is 0 Å². The first kappa shape index (κ1) is 71.0. The fourth-order valence-electron chi connectivity index (χ4n) is 3.41. The monoisotopic (exact) mass is 934 g/mol. The second-order valence-corrected chi connectivity index (χ2v) is 10.0. The molecule has 1 heterocycles. The second-order valence-electron chi connectivity index (χ2n) is 8.78. The largest absolute Gasteiger partial charge is 0.791 e. The summed E-state index contributed by atoms with van der Waals surface area (Å²) in [7, 11) is 0. The van der Waals surface area contributed by atoms with Crippen LogP contribution < -0.4 is 33.2 Å². The molecule has 0 saturated heterocycles. The van der Waals surface area contributed by atoms with Crippen molar-refractivity contribution in [2.45, 2.75) is 25.7 Å². The molecule has 1 aliphatic heterocycles. The Kier molecular flexibility index (Phi) is 85.7. The molecule has 0 amide bonds. The first-order chi connectivity index (χ1) is 19.7. The van der Waals surface area contributed by atoms with Crippen LogP contribution in [0.5, 0.6) is 0 Å². The van der Waals surface area contributed by atoms with Crippen LogP contribution in [-0.2, 0) is 44.3 Å². The first-order valence-electron chi connectivity index (χ1n) is 14.3. The third kappa shape index (κ3) is 43.7. The van der Waals surface area contributed by atoms with E-state index in [-0.39, 0.29) is 104 Å². The fraction of sp³-hybridized carbons (Fsp3) is 0.621. The minimum absolute atomic E-state index is 0. The number of nitrogens with one attached hydrogen (secondary N) is 3. The molecule has 0 aliphatic carbocycles. The Morgan fingerprint density at radius 2 is 1.02 bits per heavy atom. The van der Waals surface area contributed by atoms with Gasteiger partial charge < -0.3 is 81.3 Å². The van der Waals surface area contributed by atoms with Crippen molar-refractivity contribution in [3.63, 3.8) is 0 Å². The number of fused-ring (bicyclic) bond motifs is 1. The van der Waals surface area contributed by atoms with Gasteiger partial charge in [0.25, 0.3) is 0 Å². The Labute approximate surface area is 362 Å². The summed E-state index contributed by atoms with van der Waals surface area (Å²) in [4.78, 5) is 4.39. The van der Waals surface area contributed by atoms with Crippen LogP contribution in [0.15, 0.2) is 47.5 Å². The van der Waals surface area contributed by atoms with Crippen molar-refractivity contribution >= 4 is 159 Å². The minimum atomic E-state index is 0. The predicted molar refractivity (Wildman–Crippen MR) is 241 cm³/mol. The van der Waals surface area contributed by atoms with E-state index in [1.54, 1.807) is 0 Å². The first-order valence-corrected chi connectivity index (χ1v) is 16.1. The van der Waals surface area contributed by atoms with Gasteiger partial charge in [-0.25, -0.2) is 0 Å². The normalized spacial score (nSPS) is 9.83. The smallest absolute Gasteiger partial charge is 0 e. The molecule has 9 N–H and O–H groups in total. The van der Waals surface area contributed by atoms with Crippen LogP contribution in [0.2, 0.25) is 0 Å². The molecule has 0 spiro atoms. The predicted octanol–water partition coefficient (Wildman–Crippen LogP) is 4.16. The molecule has 2 aromatic carbocycles. The third-order valence-corrected chi connectivity index (χ3v) is 6.04. The molecule has 290 valence electrons. The number of amidine groups is 1. The average molecular weight is 937 g/mol. The minimum Gasteiger partial charge on any atom is -0.791 e. The van der Waals surface area contributed by atoms with Crippen LogP contribution >= 0.6 is 86.8 Å². The zero-order valence-electron chi connectivity index (χ0n) is 27.5. The zero-order valence-corrected chi connectivity index (χ0v) is 37.7. The Bertz CT molecular complexity index is 826. The Hall–Kier alpha value is 1.55. The molecule has 0 fully saturated rings. The Morgan fingerprint density at radius 3 is 1.40 bits per heavy atom. The quantitative estimate of drug-likeness (QED) is 0.0785. The van der Waals surface area contributed by atoms with Crippen molar-refractivity contribution < 1.29 is 0 Å². The van der Waals surface area contributed by atoms with Gasteiger partial charge >= 0.3 is 0 Å². The molecule has 4 radical (unpaired) electrons. The van der Waals surface area contributed by atoms with E-state index in [2.05, 4.69) is 68.7 Å². The SMILES string of the molecule is Cl.Cl.Cl.Cl.Cl.Cl.Cl.NCCCNCC[S-].NCCCNCC[S-].NCCCNCC[S-].[Ge].c1ccc2c(CC3=NCC[N-]3)cccc2c1. The van der Waals surface area contributed by atoms with Gasteiger partial charge in [0.15, 0.2) is 0 Å². The number of rotatable bonds is 17. The molecule has 48 heavy (non-hydrogen) atoms. The maximum Gasteiger partial charge on any atom is 0 e. The van der Waals surface area contributed by atoms with E-state index < -0.39 is 0 Å². The molecule has 0 unspecified atom stereocenters. The Morgan fingerprint density at radius 1 is 0.604 bits per heavy atom. The summed E-state index contributed by atoms with van der Waals surface area (Å²) in [5, 5.41) is 16.4. The van der Waals surface area contributed by atoms with Crippen molar-refractivity contribution in [1.82, 2.24) is 16.0 Å². The van der Waals surface area contributed by atoms with Gasteiger partial charge in [-0.05, 0) is 101 Å². The van der Waals surface area contributed by atoms with E-state index >= 15 is 0 Å². The molecule has 0 aromatic heterocycles. The molecular weight excluding hydrogens is 877 g/mol. The summed E-state index contributed by atoms with van der Waals surface area (Å²) < 4.78 is 0. The van der Waals surface area contributed by atoms with E-state index in [0.29, 0.717) is 0 Å². The summed E-state index contributed by atoms with van der Waals surface area (Å²) in [6.07, 6.45) is 4.02. The van der Waals surface area contributed by atoms with E-state index in [1.165, 1.54) is 16.3 Å². The number of halogens is 7. The van der Waals surface area contributed by atoms with Crippen LogP contribution in [-0.4, -0.2) is 113 Å². The van der Waals surface area contributed by atoms with Gasteiger partial charge in [0.1, 0.15) is 0 Å². The van der Waals surface area contributed by atoms with Gasteiger partial charge in [0.2, 0.25) is 0 Å². The van der Waals surface area contributed by atoms with Gasteiger partial charge in [0, 0.05) is 17.6 Å². The fourth-order valence-corrected chi connectivity index (χ4v) is 3.84. The summed E-state index contributed by atoms with van der Waals surface area (Å²) in [6, 6.07) is 14.9. The van der Waals surface area contributed by atoms with Crippen molar-refractivity contribution in [2.75, 3.05) is 89.3 Å². The molecule has 0 saturated carbocycles. The molecule has 1 aliphatic rings. The number of hydrogen-bond acceptors (Lipinski definition) is 10. The summed E-state index contributed by atoms with van der Waals surface area (Å²) in [5.41, 5.74) is 17.1. The maximum atomic E-state index is 5.24. The number of nitrogens with zero attached hydrogens (tertiary/aromatic N) is 2. The van der Waals surface area contributed by atoms with Crippen LogP contribution in [0.25, 0.3) is 16.1 Å². The molecule has 0 atom stereocenters. The standard InChI is InChI=1S/C14H13N2.3C5H14N2S.7ClH.Ge/c1-2-7-13-11(4-1)5-3-6-12(13)10-14-15-8-9-16-14;3*6-2-1-3-7-4-5-8;;;;;;;;/h1-7H,8-10H2;3*7-8H,1-6H2;7*1H;/q-1;;;;;;;;;;;/p-3. The number of hydrogen-bond donors (Lipinski definition) is 6. The summed E-state index contributed by atoms with van der Waals surface area (Å²) >= 11 is 14.1. The number of nitrogens with two attached hydrogens (primary N) is 3. The molecule has 8 nitrogen and oxygen atoms in total. The van der Waals surface area contributed by atoms with Gasteiger partial charge in [-0.15, -0.1) is 86.8 Å². The molecular formula is C29H59Cl7GeN8S3-4. The zero-order chi connectivity index (χ0) is 29.5. The van der Waals surface area contributed by atoms with E-state index in [9.17, 15) is 0 Å². The van der Waals surface area contributed by atoms with Crippen molar-refractivity contribution in [3.8, 4) is 0 Å². The molecule has 3 rings (SSSR count). The second kappa shape index (κ2) is 57.9. The third-order valence-electron chi connectivity index (χ3n) is 5.43. The van der Waals surface area contributed by atoms with Gasteiger partial charge in [0.05, 0.1) is 0 Å². The van der Waals surface area contributed by atoms with Crippen molar-refractivity contribution in [2.24, 2.45) is 22.2 Å². The average Bonchev–Trinajstić information content (AvgIpc) is 3.50. The van der Waals surface area contributed by atoms with E-state index in [4.69, 9.17) is 55.1 Å². The van der Waals surface area contributed by atoms with Crippen LogP contribution in [0.4, 0.5) is 0 Å². The number of aliphatic imine (C=N–C) groups is 1. The summed E-state index contributed by atoms with van der Waals surface area (Å²) in [6.45, 7) is 9.87. The maximum absolute atomic E-state index is 5.24. The number of benzene rings is 2. The topological polar surface area (TPSA) is 141 Å². The van der Waals surface area contributed by atoms with Crippen LogP contribution in [0, 0.1) is 0 Å². The molecule has 2 aromatic rings. The molecule has 0 bridgehead atoms. The Balaban J connectivity index is -0.0000000606. The van der Waals surface area contributed by atoms with Crippen molar-refractivity contribution in [1.29, 1.82) is 0 Å². The molecule has 19 heteroatoms. The van der Waals surface area contributed by atoms with Crippen LogP contribution in [0.1, 0.15) is 24.8 Å². The van der Waals surface area contributed by atoms with Gasteiger partial charge in [-0.1, -0.05) is 61.4 Å². The van der Waals surface area contributed by atoms with E-state index in [0.717, 1.165) is 121 Å². The van der Waals surface area contributed by atoms with Gasteiger partial charge in [-0.3, -0.25) is 0 Å².